The van der Waals surface area contributed by atoms with Gasteiger partial charge < -0.3 is 15.0 Å². The van der Waals surface area contributed by atoms with Crippen LogP contribution in [0.1, 0.15) is 24.4 Å². The molecule has 1 N–H and O–H groups in total. The van der Waals surface area contributed by atoms with E-state index >= 15 is 0 Å². The monoisotopic (exact) mass is 286 g/mol. The van der Waals surface area contributed by atoms with Crippen molar-refractivity contribution in [2.75, 3.05) is 40.9 Å². The Hall–Kier alpha value is -1.04. The second-order valence-corrected chi connectivity index (χ2v) is 4.98. The van der Waals surface area contributed by atoms with Gasteiger partial charge in [-0.05, 0) is 51.2 Å². The van der Waals surface area contributed by atoms with E-state index < -0.39 is 11.6 Å². The van der Waals surface area contributed by atoms with Gasteiger partial charge in [0.05, 0.1) is 0 Å². The van der Waals surface area contributed by atoms with Crippen molar-refractivity contribution < 1.29 is 13.5 Å². The second kappa shape index (κ2) is 9.00. The molecule has 1 atom stereocenters. The Bertz CT molecular complexity index is 381. The number of ether oxygens (including phenoxy) is 1. The van der Waals surface area contributed by atoms with E-state index in [1.165, 1.54) is 12.1 Å². The third kappa shape index (κ3) is 5.94. The van der Waals surface area contributed by atoms with Gasteiger partial charge in [-0.25, -0.2) is 8.78 Å². The summed E-state index contributed by atoms with van der Waals surface area (Å²) < 4.78 is 31.5. The lowest BCUT2D eigenvalue weighted by molar-refractivity contribution is 0.178. The molecule has 20 heavy (non-hydrogen) atoms. The number of halogens is 2. The van der Waals surface area contributed by atoms with Crippen molar-refractivity contribution in [3.63, 3.8) is 0 Å². The van der Waals surface area contributed by atoms with Crippen molar-refractivity contribution in [1.82, 2.24) is 10.2 Å². The van der Waals surface area contributed by atoms with Crippen LogP contribution in [0.2, 0.25) is 0 Å². The molecular formula is C15H24F2N2O. The summed E-state index contributed by atoms with van der Waals surface area (Å²) in [7, 11) is 5.53. The molecule has 0 saturated heterocycles. The third-order valence-electron chi connectivity index (χ3n) is 3.32. The molecule has 0 amide bonds. The van der Waals surface area contributed by atoms with E-state index in [2.05, 4.69) is 10.2 Å². The van der Waals surface area contributed by atoms with Gasteiger partial charge in [0.2, 0.25) is 0 Å². The molecule has 0 aliphatic carbocycles. The van der Waals surface area contributed by atoms with Crippen LogP contribution in [0.25, 0.3) is 0 Å². The van der Waals surface area contributed by atoms with Crippen LogP contribution in [0.3, 0.4) is 0 Å². The van der Waals surface area contributed by atoms with Crippen LogP contribution >= 0.6 is 0 Å². The second-order valence-electron chi connectivity index (χ2n) is 4.98. The molecule has 0 radical (unpaired) electrons. The van der Waals surface area contributed by atoms with Crippen molar-refractivity contribution in [3.8, 4) is 0 Å². The zero-order valence-corrected chi connectivity index (χ0v) is 12.5. The first-order chi connectivity index (χ1) is 9.56. The zero-order chi connectivity index (χ0) is 15.0. The minimum atomic E-state index is -0.534. The molecule has 0 aromatic heterocycles. The highest BCUT2D eigenvalue weighted by molar-refractivity contribution is 5.21. The summed E-state index contributed by atoms with van der Waals surface area (Å²) >= 11 is 0. The molecule has 1 rings (SSSR count). The molecule has 1 aromatic carbocycles. The average Bonchev–Trinajstić information content (AvgIpc) is 2.38. The molecular weight excluding hydrogens is 262 g/mol. The van der Waals surface area contributed by atoms with E-state index in [0.717, 1.165) is 38.6 Å². The van der Waals surface area contributed by atoms with Crippen LogP contribution in [-0.2, 0) is 4.74 Å². The minimum absolute atomic E-state index is 0.0509. The number of hydrogen-bond acceptors (Lipinski definition) is 3. The Morgan fingerprint density at radius 1 is 1.20 bits per heavy atom. The quantitative estimate of drug-likeness (QED) is 0.706. The lowest BCUT2D eigenvalue weighted by Gasteiger charge is -2.22. The molecule has 0 saturated carbocycles. The standard InChI is InChI=1S/C15H24F2N2O/c1-18-15(5-7-19(2)6-4-8-20-3)12-9-13(16)11-14(17)10-12/h9-11,15,18H,4-8H2,1-3H3. The summed E-state index contributed by atoms with van der Waals surface area (Å²) in [6.45, 7) is 2.55. The van der Waals surface area contributed by atoms with Gasteiger partial charge in [0.15, 0.2) is 0 Å². The lowest BCUT2D eigenvalue weighted by Crippen LogP contribution is -2.26. The SMILES string of the molecule is CNC(CCN(C)CCCOC)c1cc(F)cc(F)c1. The summed E-state index contributed by atoms with van der Waals surface area (Å²) in [6, 6.07) is 3.61. The Balaban J connectivity index is 2.50. The Labute approximate surface area is 119 Å². The number of nitrogens with zero attached hydrogens (tertiary/aromatic N) is 1. The number of nitrogens with one attached hydrogen (secondary N) is 1. The molecule has 0 spiro atoms. The lowest BCUT2D eigenvalue weighted by atomic mass is 10.0. The summed E-state index contributed by atoms with van der Waals surface area (Å²) in [5.74, 6) is -1.07. The maximum Gasteiger partial charge on any atom is 0.126 e. The molecule has 0 aliphatic heterocycles. The molecule has 114 valence electrons. The summed E-state index contributed by atoms with van der Waals surface area (Å²) in [4.78, 5) is 2.19. The first-order valence-corrected chi connectivity index (χ1v) is 6.87. The van der Waals surface area contributed by atoms with E-state index in [-0.39, 0.29) is 6.04 Å². The van der Waals surface area contributed by atoms with E-state index in [4.69, 9.17) is 4.74 Å². The molecule has 0 aliphatic rings. The van der Waals surface area contributed by atoms with E-state index in [0.29, 0.717) is 5.56 Å². The highest BCUT2D eigenvalue weighted by Crippen LogP contribution is 2.19. The summed E-state index contributed by atoms with van der Waals surface area (Å²) in [5.41, 5.74) is 0.648. The molecule has 5 heteroatoms. The highest BCUT2D eigenvalue weighted by atomic mass is 19.1. The van der Waals surface area contributed by atoms with Crippen LogP contribution in [0.5, 0.6) is 0 Å². The predicted molar refractivity (Wildman–Crippen MR) is 76.8 cm³/mol. The number of methoxy groups -OCH3 is 1. The summed E-state index contributed by atoms with van der Waals surface area (Å²) in [5, 5.41) is 3.11. The maximum atomic E-state index is 13.2. The molecule has 1 aromatic rings. The Morgan fingerprint density at radius 3 is 2.40 bits per heavy atom. The average molecular weight is 286 g/mol. The molecule has 1 unspecified atom stereocenters. The highest BCUT2D eigenvalue weighted by Gasteiger charge is 2.12. The molecule has 0 fully saturated rings. The Kier molecular flexibility index (Phi) is 7.65. The first-order valence-electron chi connectivity index (χ1n) is 6.87. The number of benzene rings is 1. The maximum absolute atomic E-state index is 13.2. The Morgan fingerprint density at radius 2 is 1.85 bits per heavy atom. The van der Waals surface area contributed by atoms with Crippen LogP contribution in [-0.4, -0.2) is 45.8 Å². The largest absolute Gasteiger partial charge is 0.385 e. The van der Waals surface area contributed by atoms with Crippen molar-refractivity contribution in [2.45, 2.75) is 18.9 Å². The fraction of sp³-hybridized carbons (Fsp3) is 0.600. The van der Waals surface area contributed by atoms with E-state index in [9.17, 15) is 8.78 Å². The predicted octanol–water partition coefficient (Wildman–Crippen LogP) is 2.58. The first kappa shape index (κ1) is 17.0. The van der Waals surface area contributed by atoms with Crippen molar-refractivity contribution >= 4 is 0 Å². The van der Waals surface area contributed by atoms with E-state index in [1.807, 2.05) is 7.05 Å². The van der Waals surface area contributed by atoms with Crippen LogP contribution < -0.4 is 5.32 Å². The fourth-order valence-corrected chi connectivity index (χ4v) is 2.19. The van der Waals surface area contributed by atoms with Gasteiger partial charge in [0.1, 0.15) is 11.6 Å². The van der Waals surface area contributed by atoms with Gasteiger partial charge in [-0.2, -0.15) is 0 Å². The van der Waals surface area contributed by atoms with Gasteiger partial charge in [-0.1, -0.05) is 0 Å². The normalized spacial score (nSPS) is 12.9. The van der Waals surface area contributed by atoms with Crippen LogP contribution in [0, 0.1) is 11.6 Å². The number of hydrogen-bond donors (Lipinski definition) is 1. The summed E-state index contributed by atoms with van der Waals surface area (Å²) in [6.07, 6.45) is 1.77. The van der Waals surface area contributed by atoms with E-state index in [1.54, 1.807) is 14.2 Å². The van der Waals surface area contributed by atoms with Gasteiger partial charge >= 0.3 is 0 Å². The topological polar surface area (TPSA) is 24.5 Å². The van der Waals surface area contributed by atoms with Gasteiger partial charge in [0, 0.05) is 32.4 Å². The minimum Gasteiger partial charge on any atom is -0.385 e. The van der Waals surface area contributed by atoms with Crippen molar-refractivity contribution in [3.05, 3.63) is 35.4 Å². The molecule has 0 bridgehead atoms. The zero-order valence-electron chi connectivity index (χ0n) is 12.5. The van der Waals surface area contributed by atoms with Crippen LogP contribution in [0.15, 0.2) is 18.2 Å². The molecule has 0 heterocycles. The molecule has 3 nitrogen and oxygen atoms in total. The van der Waals surface area contributed by atoms with Gasteiger partial charge in [-0.15, -0.1) is 0 Å². The number of rotatable bonds is 9. The van der Waals surface area contributed by atoms with Crippen molar-refractivity contribution in [1.29, 1.82) is 0 Å². The van der Waals surface area contributed by atoms with Crippen molar-refractivity contribution in [2.24, 2.45) is 0 Å². The van der Waals surface area contributed by atoms with Gasteiger partial charge in [-0.3, -0.25) is 0 Å². The smallest absolute Gasteiger partial charge is 0.126 e. The van der Waals surface area contributed by atoms with Gasteiger partial charge in [0.25, 0.3) is 0 Å². The third-order valence-corrected chi connectivity index (χ3v) is 3.32. The fourth-order valence-electron chi connectivity index (χ4n) is 2.19. The van der Waals surface area contributed by atoms with Crippen LogP contribution in [0.4, 0.5) is 8.78 Å².